The normalized spacial score (nSPS) is 13.6. The number of anilines is 1. The Balaban J connectivity index is 1.41. The average Bonchev–Trinajstić information content (AvgIpc) is 3.32. The van der Waals surface area contributed by atoms with E-state index >= 15 is 0 Å². The van der Waals surface area contributed by atoms with E-state index in [2.05, 4.69) is 27.8 Å². The van der Waals surface area contributed by atoms with Crippen molar-refractivity contribution in [1.29, 1.82) is 0 Å². The largest absolute Gasteiger partial charge is 0.431 e. The highest BCUT2D eigenvalue weighted by atomic mass is 16.4. The lowest BCUT2D eigenvalue weighted by Gasteiger charge is -2.03. The van der Waals surface area contributed by atoms with Crippen molar-refractivity contribution < 1.29 is 14.0 Å². The molecule has 1 aromatic carbocycles. The molecule has 3 rings (SSSR count). The van der Waals surface area contributed by atoms with Gasteiger partial charge in [0.15, 0.2) is 5.69 Å². The number of hydrogen-bond acceptors (Lipinski definition) is 4. The Morgan fingerprint density at radius 3 is 2.74 bits per heavy atom. The van der Waals surface area contributed by atoms with Crippen molar-refractivity contribution in [2.45, 2.75) is 25.7 Å². The van der Waals surface area contributed by atoms with Crippen molar-refractivity contribution in [2.24, 2.45) is 5.92 Å². The van der Waals surface area contributed by atoms with E-state index in [9.17, 15) is 9.59 Å². The Morgan fingerprint density at radius 2 is 2.00 bits per heavy atom. The van der Waals surface area contributed by atoms with Gasteiger partial charge in [-0.3, -0.25) is 14.9 Å². The SMILES string of the molecule is O=C(NCCCc1ccccc1)c1coc(NC(=O)C2CC2)n1. The summed E-state index contributed by atoms with van der Waals surface area (Å²) in [5, 5.41) is 5.37. The summed E-state index contributed by atoms with van der Waals surface area (Å²) in [5.74, 6) is -0.326. The molecule has 0 unspecified atom stereocenters. The molecule has 23 heavy (non-hydrogen) atoms. The van der Waals surface area contributed by atoms with Crippen molar-refractivity contribution in [2.75, 3.05) is 11.9 Å². The monoisotopic (exact) mass is 313 g/mol. The van der Waals surface area contributed by atoms with E-state index in [4.69, 9.17) is 4.42 Å². The Hall–Kier alpha value is -2.63. The Kier molecular flexibility index (Phi) is 4.71. The van der Waals surface area contributed by atoms with Crippen molar-refractivity contribution >= 4 is 17.8 Å². The standard InChI is InChI=1S/C17H19N3O3/c21-15(13-8-9-13)20-17-19-14(11-23-17)16(22)18-10-4-7-12-5-2-1-3-6-12/h1-3,5-6,11,13H,4,7-10H2,(H,18,22)(H,19,20,21). The minimum atomic E-state index is -0.297. The minimum absolute atomic E-state index is 0.0668. The molecule has 0 spiro atoms. The predicted octanol–water partition coefficient (Wildman–Crippen LogP) is 2.39. The van der Waals surface area contributed by atoms with E-state index in [1.807, 2.05) is 18.2 Å². The topological polar surface area (TPSA) is 84.2 Å². The Labute approximate surface area is 134 Å². The first-order valence-electron chi connectivity index (χ1n) is 7.81. The molecule has 1 heterocycles. The fraction of sp³-hybridized carbons (Fsp3) is 0.353. The van der Waals surface area contributed by atoms with Crippen LogP contribution in [0.4, 0.5) is 6.01 Å². The van der Waals surface area contributed by atoms with Gasteiger partial charge in [0.25, 0.3) is 5.91 Å². The van der Waals surface area contributed by atoms with Gasteiger partial charge in [0, 0.05) is 12.5 Å². The molecule has 0 saturated heterocycles. The van der Waals surface area contributed by atoms with Gasteiger partial charge in [0.05, 0.1) is 0 Å². The number of oxazole rings is 1. The number of amides is 2. The maximum absolute atomic E-state index is 12.0. The van der Waals surface area contributed by atoms with Crippen LogP contribution in [0.2, 0.25) is 0 Å². The first-order valence-corrected chi connectivity index (χ1v) is 7.81. The van der Waals surface area contributed by atoms with E-state index in [1.165, 1.54) is 11.8 Å². The molecule has 0 aliphatic heterocycles. The number of hydrogen-bond donors (Lipinski definition) is 2. The van der Waals surface area contributed by atoms with Crippen LogP contribution in [0.15, 0.2) is 41.0 Å². The third-order valence-electron chi connectivity index (χ3n) is 3.69. The van der Waals surface area contributed by atoms with Crippen LogP contribution in [0, 0.1) is 5.92 Å². The van der Waals surface area contributed by atoms with Gasteiger partial charge in [-0.2, -0.15) is 4.98 Å². The second-order valence-corrected chi connectivity index (χ2v) is 5.65. The number of nitrogens with one attached hydrogen (secondary N) is 2. The van der Waals surface area contributed by atoms with Crippen LogP contribution < -0.4 is 10.6 Å². The Morgan fingerprint density at radius 1 is 1.22 bits per heavy atom. The third kappa shape index (κ3) is 4.42. The number of carbonyl (C=O) groups is 2. The van der Waals surface area contributed by atoms with Gasteiger partial charge in [-0.1, -0.05) is 30.3 Å². The smallest absolute Gasteiger partial charge is 0.302 e. The van der Waals surface area contributed by atoms with Crippen LogP contribution in [0.1, 0.15) is 35.3 Å². The molecule has 6 heteroatoms. The zero-order chi connectivity index (χ0) is 16.1. The second-order valence-electron chi connectivity index (χ2n) is 5.65. The summed E-state index contributed by atoms with van der Waals surface area (Å²) >= 11 is 0. The van der Waals surface area contributed by atoms with E-state index in [-0.39, 0.29) is 29.4 Å². The zero-order valence-corrected chi connectivity index (χ0v) is 12.7. The van der Waals surface area contributed by atoms with Gasteiger partial charge in [-0.15, -0.1) is 0 Å². The number of aryl methyl sites for hydroxylation is 1. The average molecular weight is 313 g/mol. The first kappa shape index (κ1) is 15.3. The van der Waals surface area contributed by atoms with Crippen LogP contribution in [0.3, 0.4) is 0 Å². The third-order valence-corrected chi connectivity index (χ3v) is 3.69. The van der Waals surface area contributed by atoms with Crippen LogP contribution in [0.5, 0.6) is 0 Å². The molecule has 6 nitrogen and oxygen atoms in total. The fourth-order valence-corrected chi connectivity index (χ4v) is 2.22. The molecule has 0 radical (unpaired) electrons. The molecule has 0 atom stereocenters. The second kappa shape index (κ2) is 7.09. The lowest BCUT2D eigenvalue weighted by molar-refractivity contribution is -0.117. The molecular formula is C17H19N3O3. The molecule has 2 N–H and O–H groups in total. The van der Waals surface area contributed by atoms with Crippen LogP contribution >= 0.6 is 0 Å². The summed E-state index contributed by atoms with van der Waals surface area (Å²) in [6, 6.07) is 10.2. The first-order chi connectivity index (χ1) is 11.2. The van der Waals surface area contributed by atoms with Gasteiger partial charge in [-0.05, 0) is 31.2 Å². The number of nitrogens with zero attached hydrogens (tertiary/aromatic N) is 1. The molecular weight excluding hydrogens is 294 g/mol. The zero-order valence-electron chi connectivity index (χ0n) is 12.7. The van der Waals surface area contributed by atoms with E-state index < -0.39 is 0 Å². The summed E-state index contributed by atoms with van der Waals surface area (Å²) in [6.45, 7) is 0.560. The highest BCUT2D eigenvalue weighted by Gasteiger charge is 2.30. The molecule has 1 saturated carbocycles. The fourth-order valence-electron chi connectivity index (χ4n) is 2.22. The molecule has 1 aromatic heterocycles. The molecule has 2 amide bonds. The number of benzene rings is 1. The van der Waals surface area contributed by atoms with E-state index in [0.717, 1.165) is 25.7 Å². The molecule has 1 aliphatic carbocycles. The number of rotatable bonds is 7. The van der Waals surface area contributed by atoms with Crippen LogP contribution in [-0.4, -0.2) is 23.3 Å². The summed E-state index contributed by atoms with van der Waals surface area (Å²) in [5.41, 5.74) is 1.42. The number of carbonyl (C=O) groups excluding carboxylic acids is 2. The lowest BCUT2D eigenvalue weighted by Crippen LogP contribution is -2.25. The molecule has 1 fully saturated rings. The van der Waals surface area contributed by atoms with E-state index in [1.54, 1.807) is 0 Å². The van der Waals surface area contributed by atoms with Crippen LogP contribution in [0.25, 0.3) is 0 Å². The quantitative estimate of drug-likeness (QED) is 0.769. The van der Waals surface area contributed by atoms with Crippen molar-refractivity contribution in [3.8, 4) is 0 Å². The summed E-state index contributed by atoms with van der Waals surface area (Å²) in [4.78, 5) is 27.5. The molecule has 2 aromatic rings. The maximum atomic E-state index is 12.0. The van der Waals surface area contributed by atoms with Gasteiger partial charge < -0.3 is 9.73 Å². The summed E-state index contributed by atoms with van der Waals surface area (Å²) in [7, 11) is 0. The summed E-state index contributed by atoms with van der Waals surface area (Å²) < 4.78 is 5.11. The highest BCUT2D eigenvalue weighted by Crippen LogP contribution is 2.30. The van der Waals surface area contributed by atoms with Gasteiger partial charge in [0.2, 0.25) is 5.91 Å². The molecule has 0 bridgehead atoms. The van der Waals surface area contributed by atoms with Gasteiger partial charge in [0.1, 0.15) is 6.26 Å². The van der Waals surface area contributed by atoms with Gasteiger partial charge >= 0.3 is 6.01 Å². The molecule has 120 valence electrons. The van der Waals surface area contributed by atoms with Crippen molar-refractivity contribution in [1.82, 2.24) is 10.3 Å². The predicted molar refractivity (Wildman–Crippen MR) is 85.0 cm³/mol. The van der Waals surface area contributed by atoms with Crippen LogP contribution in [-0.2, 0) is 11.2 Å². The van der Waals surface area contributed by atoms with E-state index in [0.29, 0.717) is 6.54 Å². The maximum Gasteiger partial charge on any atom is 0.302 e. The molecule has 1 aliphatic rings. The number of aromatic nitrogens is 1. The summed E-state index contributed by atoms with van der Waals surface area (Å²) in [6.07, 6.45) is 4.82. The minimum Gasteiger partial charge on any atom is -0.431 e. The Bertz CT molecular complexity index is 677. The van der Waals surface area contributed by atoms with Crippen molar-refractivity contribution in [3.63, 3.8) is 0 Å². The highest BCUT2D eigenvalue weighted by molar-refractivity contribution is 5.94. The van der Waals surface area contributed by atoms with Gasteiger partial charge in [-0.25, -0.2) is 0 Å². The lowest BCUT2D eigenvalue weighted by atomic mass is 10.1. The van der Waals surface area contributed by atoms with Crippen molar-refractivity contribution in [3.05, 3.63) is 47.9 Å².